The molecule has 0 amide bonds. The Hall–Kier alpha value is -0.743. The quantitative estimate of drug-likeness (QED) is 0.719. The molecule has 0 N–H and O–H groups in total. The van der Waals surface area contributed by atoms with Crippen molar-refractivity contribution in [2.75, 3.05) is 0 Å². The van der Waals surface area contributed by atoms with E-state index in [1.54, 1.807) is 6.07 Å². The van der Waals surface area contributed by atoms with Crippen LogP contribution < -0.4 is 0 Å². The molecule has 3 radical (unpaired) electrons. The zero-order chi connectivity index (χ0) is 12.2. The molecule has 0 aromatic heterocycles. The van der Waals surface area contributed by atoms with Crippen LogP contribution in [0.3, 0.4) is 0 Å². The normalized spacial score (nSPS) is 11.8. The smallest absolute Gasteiger partial charge is 0.247 e. The molecule has 1 rings (SSSR count). The maximum atomic E-state index is 13.0. The molecule has 87 valence electrons. The zero-order valence-corrected chi connectivity index (χ0v) is 10.5. The van der Waals surface area contributed by atoms with E-state index in [0.717, 1.165) is 24.5 Å². The summed E-state index contributed by atoms with van der Waals surface area (Å²) in [7, 11) is 3.07. The van der Waals surface area contributed by atoms with Gasteiger partial charge >= 0.3 is 0 Å². The van der Waals surface area contributed by atoms with Gasteiger partial charge in [0, 0.05) is 6.42 Å². The Kier molecular flexibility index (Phi) is 4.62. The van der Waals surface area contributed by atoms with E-state index in [0.29, 0.717) is 6.42 Å². The van der Waals surface area contributed by atoms with Crippen LogP contribution in [0.2, 0.25) is 0 Å². The second kappa shape index (κ2) is 5.55. The molecule has 4 heteroatoms. The summed E-state index contributed by atoms with van der Waals surface area (Å²) in [6.07, 6.45) is 2.15. The van der Waals surface area contributed by atoms with Gasteiger partial charge in [0.05, 0.1) is 5.60 Å². The third-order valence-electron chi connectivity index (χ3n) is 3.02. The van der Waals surface area contributed by atoms with E-state index in [2.05, 4.69) is 10.5 Å². The van der Waals surface area contributed by atoms with Crippen molar-refractivity contribution >= 4 is 10.5 Å². The molecule has 1 nitrogen and oxygen atoms in total. The SMILES string of the molecule is CCC(CC)(Cc1ccc(F)c(F)c1)O[Si]. The monoisotopic (exact) mass is 241 g/mol. The van der Waals surface area contributed by atoms with Gasteiger partial charge in [-0.05, 0) is 30.5 Å². The minimum absolute atomic E-state index is 0.360. The summed E-state index contributed by atoms with van der Waals surface area (Å²) in [5, 5.41) is 0. The summed E-state index contributed by atoms with van der Waals surface area (Å²) in [5.74, 6) is -1.63. The van der Waals surface area contributed by atoms with Crippen LogP contribution >= 0.6 is 0 Å². The predicted octanol–water partition coefficient (Wildman–Crippen LogP) is 3.17. The van der Waals surface area contributed by atoms with Gasteiger partial charge in [-0.1, -0.05) is 19.9 Å². The zero-order valence-electron chi connectivity index (χ0n) is 9.52. The largest absolute Gasteiger partial charge is 0.413 e. The van der Waals surface area contributed by atoms with E-state index in [1.807, 2.05) is 13.8 Å². The molecule has 0 aliphatic carbocycles. The standard InChI is InChI=1S/C12H15F2OSi/c1-3-12(4-2,15-16)8-9-5-6-10(13)11(14)7-9/h5-7H,3-4,8H2,1-2H3. The number of hydrogen-bond acceptors (Lipinski definition) is 1. The highest BCUT2D eigenvalue weighted by atomic mass is 28.2. The summed E-state index contributed by atoms with van der Waals surface area (Å²) in [4.78, 5) is 0. The summed E-state index contributed by atoms with van der Waals surface area (Å²) < 4.78 is 31.1. The van der Waals surface area contributed by atoms with Crippen molar-refractivity contribution in [2.45, 2.75) is 38.7 Å². The summed E-state index contributed by atoms with van der Waals surface area (Å²) in [6.45, 7) is 4.01. The molecule has 0 saturated carbocycles. The van der Waals surface area contributed by atoms with Gasteiger partial charge in [0.15, 0.2) is 11.6 Å². The van der Waals surface area contributed by atoms with E-state index in [-0.39, 0.29) is 5.60 Å². The van der Waals surface area contributed by atoms with Crippen molar-refractivity contribution in [3.63, 3.8) is 0 Å². The highest BCUT2D eigenvalue weighted by molar-refractivity contribution is 5.98. The van der Waals surface area contributed by atoms with Crippen molar-refractivity contribution in [1.82, 2.24) is 0 Å². The van der Waals surface area contributed by atoms with Crippen molar-refractivity contribution in [3.05, 3.63) is 35.4 Å². The third-order valence-corrected chi connectivity index (χ3v) is 3.45. The van der Waals surface area contributed by atoms with Gasteiger partial charge in [-0.25, -0.2) is 8.78 Å². The van der Waals surface area contributed by atoms with Gasteiger partial charge < -0.3 is 4.43 Å². The molecule has 0 aliphatic heterocycles. The van der Waals surface area contributed by atoms with E-state index in [1.165, 1.54) is 6.07 Å². The molecule has 0 unspecified atom stereocenters. The van der Waals surface area contributed by atoms with E-state index >= 15 is 0 Å². The Bertz CT molecular complexity index is 343. The molecule has 0 atom stereocenters. The van der Waals surface area contributed by atoms with Crippen LogP contribution in [0.5, 0.6) is 0 Å². The van der Waals surface area contributed by atoms with Gasteiger partial charge in [-0.2, -0.15) is 0 Å². The Balaban J connectivity index is 2.89. The maximum Gasteiger partial charge on any atom is 0.247 e. The van der Waals surface area contributed by atoms with Crippen molar-refractivity contribution in [1.29, 1.82) is 0 Å². The van der Waals surface area contributed by atoms with E-state index < -0.39 is 11.6 Å². The van der Waals surface area contributed by atoms with Crippen LogP contribution in [0.25, 0.3) is 0 Å². The fraction of sp³-hybridized carbons (Fsp3) is 0.500. The van der Waals surface area contributed by atoms with Crippen molar-refractivity contribution in [2.24, 2.45) is 0 Å². The Morgan fingerprint density at radius 3 is 2.25 bits per heavy atom. The summed E-state index contributed by atoms with van der Waals surface area (Å²) in [5.41, 5.74) is 0.377. The molecule has 0 heterocycles. The van der Waals surface area contributed by atoms with Crippen LogP contribution in [0.15, 0.2) is 18.2 Å². The molecule has 16 heavy (non-hydrogen) atoms. The van der Waals surface area contributed by atoms with Crippen molar-refractivity contribution < 1.29 is 13.2 Å². The van der Waals surface area contributed by atoms with Gasteiger partial charge in [0.2, 0.25) is 10.5 Å². The van der Waals surface area contributed by atoms with Crippen LogP contribution in [0.4, 0.5) is 8.78 Å². The fourth-order valence-electron chi connectivity index (χ4n) is 1.70. The average molecular weight is 241 g/mol. The first-order valence-electron chi connectivity index (χ1n) is 5.35. The van der Waals surface area contributed by atoms with Crippen LogP contribution in [-0.2, 0) is 10.8 Å². The average Bonchev–Trinajstić information content (AvgIpc) is 2.31. The van der Waals surface area contributed by atoms with E-state index in [4.69, 9.17) is 4.43 Å². The number of rotatable bonds is 5. The van der Waals surface area contributed by atoms with Crippen LogP contribution in [-0.4, -0.2) is 16.1 Å². The summed E-state index contributed by atoms with van der Waals surface area (Å²) >= 11 is 0. The molecule has 0 aliphatic rings. The fourth-order valence-corrected chi connectivity index (χ4v) is 2.06. The predicted molar refractivity (Wildman–Crippen MR) is 60.2 cm³/mol. The lowest BCUT2D eigenvalue weighted by Crippen LogP contribution is -2.33. The molecule has 1 aromatic rings. The highest BCUT2D eigenvalue weighted by Gasteiger charge is 2.25. The topological polar surface area (TPSA) is 9.23 Å². The number of hydrogen-bond donors (Lipinski definition) is 0. The highest BCUT2D eigenvalue weighted by Crippen LogP contribution is 2.25. The van der Waals surface area contributed by atoms with Crippen LogP contribution in [0, 0.1) is 11.6 Å². The lowest BCUT2D eigenvalue weighted by Gasteiger charge is -2.30. The maximum absolute atomic E-state index is 13.0. The van der Waals surface area contributed by atoms with E-state index in [9.17, 15) is 8.78 Å². The third kappa shape index (κ3) is 2.89. The first-order valence-corrected chi connectivity index (χ1v) is 5.76. The molecule has 0 saturated heterocycles. The Morgan fingerprint density at radius 2 is 1.81 bits per heavy atom. The number of benzene rings is 1. The molecule has 0 spiro atoms. The Labute approximate surface area is 98.4 Å². The lowest BCUT2D eigenvalue weighted by molar-refractivity contribution is 0.0712. The minimum Gasteiger partial charge on any atom is -0.413 e. The first kappa shape index (κ1) is 13.3. The molecular formula is C12H15F2OSi. The minimum atomic E-state index is -0.818. The molecule has 0 bridgehead atoms. The molecular weight excluding hydrogens is 226 g/mol. The van der Waals surface area contributed by atoms with Gasteiger partial charge in [0.25, 0.3) is 0 Å². The van der Waals surface area contributed by atoms with Crippen molar-refractivity contribution in [3.8, 4) is 0 Å². The summed E-state index contributed by atoms with van der Waals surface area (Å²) in [6, 6.07) is 3.96. The second-order valence-corrected chi connectivity index (χ2v) is 4.12. The van der Waals surface area contributed by atoms with Gasteiger partial charge in [-0.15, -0.1) is 0 Å². The van der Waals surface area contributed by atoms with Crippen LogP contribution in [0.1, 0.15) is 32.3 Å². The molecule has 0 fully saturated rings. The van der Waals surface area contributed by atoms with Gasteiger partial charge in [-0.3, -0.25) is 0 Å². The molecule has 1 aromatic carbocycles. The number of halogens is 2. The van der Waals surface area contributed by atoms with Gasteiger partial charge in [0.1, 0.15) is 0 Å². The Morgan fingerprint density at radius 1 is 1.19 bits per heavy atom. The first-order chi connectivity index (χ1) is 7.56. The lowest BCUT2D eigenvalue weighted by atomic mass is 9.89. The second-order valence-electron chi connectivity index (χ2n) is 3.92.